The summed E-state index contributed by atoms with van der Waals surface area (Å²) in [5, 5.41) is 9.48. The molecule has 3 nitrogen and oxygen atoms in total. The molecule has 1 heterocycles. The van der Waals surface area contributed by atoms with Crippen LogP contribution < -0.4 is 4.90 Å². The zero-order valence-electron chi connectivity index (χ0n) is 9.35. The predicted octanol–water partition coefficient (Wildman–Crippen LogP) is 1.98. The molecule has 1 fully saturated rings. The van der Waals surface area contributed by atoms with Crippen LogP contribution in [0.15, 0.2) is 18.3 Å². The van der Waals surface area contributed by atoms with Crippen LogP contribution in [-0.4, -0.2) is 23.7 Å². The average Bonchev–Trinajstić information content (AvgIpc) is 3.02. The highest BCUT2D eigenvalue weighted by Gasteiger charge is 2.23. The van der Waals surface area contributed by atoms with Crippen LogP contribution in [0.1, 0.15) is 31.4 Å². The molecule has 0 bridgehead atoms. The molecule has 2 rings (SSSR count). The number of aliphatic hydroxyl groups excluding tert-OH is 1. The Balaban J connectivity index is 2.08. The van der Waals surface area contributed by atoms with Gasteiger partial charge in [0.1, 0.15) is 5.82 Å². The van der Waals surface area contributed by atoms with Crippen molar-refractivity contribution in [2.45, 2.75) is 25.9 Å². The number of aromatic nitrogens is 1. The third-order valence-corrected chi connectivity index (χ3v) is 2.87. The lowest BCUT2D eigenvalue weighted by atomic mass is 10.1. The average molecular weight is 206 g/mol. The molecule has 1 atom stereocenters. The first-order valence-corrected chi connectivity index (χ1v) is 5.52. The van der Waals surface area contributed by atoms with Gasteiger partial charge >= 0.3 is 0 Å². The van der Waals surface area contributed by atoms with E-state index in [0.29, 0.717) is 0 Å². The van der Waals surface area contributed by atoms with Crippen molar-refractivity contribution in [2.24, 2.45) is 5.92 Å². The van der Waals surface area contributed by atoms with Crippen molar-refractivity contribution in [1.82, 2.24) is 4.98 Å². The fourth-order valence-electron chi connectivity index (χ4n) is 1.68. The molecule has 82 valence electrons. The van der Waals surface area contributed by atoms with E-state index in [1.807, 2.05) is 12.1 Å². The van der Waals surface area contributed by atoms with Gasteiger partial charge in [0.15, 0.2) is 0 Å². The van der Waals surface area contributed by atoms with Crippen molar-refractivity contribution in [3.63, 3.8) is 0 Å². The predicted molar refractivity (Wildman–Crippen MR) is 60.9 cm³/mol. The van der Waals surface area contributed by atoms with Crippen molar-refractivity contribution < 1.29 is 5.11 Å². The molecule has 0 aromatic carbocycles. The summed E-state index contributed by atoms with van der Waals surface area (Å²) in [6.45, 7) is 2.86. The Morgan fingerprint density at radius 1 is 1.60 bits per heavy atom. The number of aliphatic hydroxyl groups is 1. The third-order valence-electron chi connectivity index (χ3n) is 2.87. The Labute approximate surface area is 90.8 Å². The van der Waals surface area contributed by atoms with Gasteiger partial charge in [0, 0.05) is 19.8 Å². The second-order valence-electron chi connectivity index (χ2n) is 4.45. The Kier molecular flexibility index (Phi) is 2.91. The molecule has 1 N–H and O–H groups in total. The fourth-order valence-corrected chi connectivity index (χ4v) is 1.68. The Morgan fingerprint density at radius 3 is 2.93 bits per heavy atom. The quantitative estimate of drug-likeness (QED) is 0.818. The van der Waals surface area contributed by atoms with Crippen LogP contribution in [0.2, 0.25) is 0 Å². The molecule has 1 aliphatic rings. The first kappa shape index (κ1) is 10.4. The summed E-state index contributed by atoms with van der Waals surface area (Å²) in [5.74, 6) is 1.81. The number of hydrogen-bond acceptors (Lipinski definition) is 3. The zero-order valence-corrected chi connectivity index (χ0v) is 9.35. The molecule has 0 amide bonds. The van der Waals surface area contributed by atoms with Gasteiger partial charge in [0.2, 0.25) is 0 Å². The molecular formula is C12H18N2O. The molecular weight excluding hydrogens is 188 g/mol. The second-order valence-corrected chi connectivity index (χ2v) is 4.45. The van der Waals surface area contributed by atoms with Crippen molar-refractivity contribution in [3.8, 4) is 0 Å². The number of hydrogen-bond donors (Lipinski definition) is 1. The summed E-state index contributed by atoms with van der Waals surface area (Å²) in [5.41, 5.74) is 0.933. The maximum atomic E-state index is 9.48. The summed E-state index contributed by atoms with van der Waals surface area (Å²) in [6.07, 6.45) is 4.04. The summed E-state index contributed by atoms with van der Waals surface area (Å²) >= 11 is 0. The number of anilines is 1. The van der Waals surface area contributed by atoms with E-state index in [0.717, 1.165) is 23.8 Å². The minimum absolute atomic E-state index is 0.416. The molecule has 0 saturated heterocycles. The van der Waals surface area contributed by atoms with Gasteiger partial charge in [0.25, 0.3) is 0 Å². The summed E-state index contributed by atoms with van der Waals surface area (Å²) in [6, 6.07) is 3.83. The second kappa shape index (κ2) is 4.19. The first-order valence-electron chi connectivity index (χ1n) is 5.52. The molecule has 1 aliphatic carbocycles. The van der Waals surface area contributed by atoms with Crippen LogP contribution in [0.4, 0.5) is 5.82 Å². The first-order chi connectivity index (χ1) is 7.16. The van der Waals surface area contributed by atoms with Crippen molar-refractivity contribution in [3.05, 3.63) is 23.9 Å². The lowest BCUT2D eigenvalue weighted by Crippen LogP contribution is -2.21. The van der Waals surface area contributed by atoms with Gasteiger partial charge in [-0.15, -0.1) is 0 Å². The van der Waals surface area contributed by atoms with Crippen molar-refractivity contribution >= 4 is 5.82 Å². The standard InChI is InChI=1S/C12H18N2O/c1-9(15)11-5-6-13-12(7-11)14(2)8-10-3-4-10/h5-7,9-10,15H,3-4,8H2,1-2H3/t9-/m0/s1. The van der Waals surface area contributed by atoms with E-state index in [2.05, 4.69) is 16.9 Å². The van der Waals surface area contributed by atoms with Gasteiger partial charge in [-0.3, -0.25) is 0 Å². The molecule has 15 heavy (non-hydrogen) atoms. The van der Waals surface area contributed by atoms with E-state index in [1.165, 1.54) is 12.8 Å². The maximum absolute atomic E-state index is 9.48. The summed E-state index contributed by atoms with van der Waals surface area (Å²) in [7, 11) is 2.06. The summed E-state index contributed by atoms with van der Waals surface area (Å²) < 4.78 is 0. The molecule has 0 radical (unpaired) electrons. The summed E-state index contributed by atoms with van der Waals surface area (Å²) in [4.78, 5) is 6.49. The number of rotatable bonds is 4. The van der Waals surface area contributed by atoms with E-state index < -0.39 is 6.10 Å². The van der Waals surface area contributed by atoms with Crippen LogP contribution >= 0.6 is 0 Å². The highest BCUT2D eigenvalue weighted by Crippen LogP contribution is 2.30. The highest BCUT2D eigenvalue weighted by atomic mass is 16.3. The monoisotopic (exact) mass is 206 g/mol. The zero-order chi connectivity index (χ0) is 10.8. The van der Waals surface area contributed by atoms with E-state index in [4.69, 9.17) is 0 Å². The SMILES string of the molecule is C[C@H](O)c1ccnc(N(C)CC2CC2)c1. The van der Waals surface area contributed by atoms with E-state index in [-0.39, 0.29) is 0 Å². The Bertz CT molecular complexity index is 334. The van der Waals surface area contributed by atoms with E-state index >= 15 is 0 Å². The number of pyridine rings is 1. The molecule has 1 aromatic rings. The van der Waals surface area contributed by atoms with Gasteiger partial charge in [-0.2, -0.15) is 0 Å². The third kappa shape index (κ3) is 2.69. The van der Waals surface area contributed by atoms with Crippen LogP contribution in [0.5, 0.6) is 0 Å². The lowest BCUT2D eigenvalue weighted by Gasteiger charge is -2.18. The number of nitrogens with zero attached hydrogens (tertiary/aromatic N) is 2. The lowest BCUT2D eigenvalue weighted by molar-refractivity contribution is 0.199. The Morgan fingerprint density at radius 2 is 2.33 bits per heavy atom. The normalized spacial score (nSPS) is 17.5. The molecule has 1 saturated carbocycles. The van der Waals surface area contributed by atoms with E-state index in [1.54, 1.807) is 13.1 Å². The molecule has 0 spiro atoms. The van der Waals surface area contributed by atoms with Crippen LogP contribution in [0, 0.1) is 5.92 Å². The van der Waals surface area contributed by atoms with Gasteiger partial charge in [0.05, 0.1) is 6.10 Å². The molecule has 3 heteroatoms. The topological polar surface area (TPSA) is 36.4 Å². The Hall–Kier alpha value is -1.09. The highest BCUT2D eigenvalue weighted by molar-refractivity contribution is 5.40. The maximum Gasteiger partial charge on any atom is 0.128 e. The van der Waals surface area contributed by atoms with Crippen LogP contribution in [0.3, 0.4) is 0 Å². The van der Waals surface area contributed by atoms with Crippen molar-refractivity contribution in [2.75, 3.05) is 18.5 Å². The van der Waals surface area contributed by atoms with Crippen LogP contribution in [0.25, 0.3) is 0 Å². The van der Waals surface area contributed by atoms with Crippen LogP contribution in [-0.2, 0) is 0 Å². The fraction of sp³-hybridized carbons (Fsp3) is 0.583. The minimum atomic E-state index is -0.416. The van der Waals surface area contributed by atoms with Gasteiger partial charge in [-0.1, -0.05) is 0 Å². The molecule has 0 aliphatic heterocycles. The minimum Gasteiger partial charge on any atom is -0.389 e. The van der Waals surface area contributed by atoms with Crippen molar-refractivity contribution in [1.29, 1.82) is 0 Å². The largest absolute Gasteiger partial charge is 0.389 e. The molecule has 1 aromatic heterocycles. The van der Waals surface area contributed by atoms with E-state index in [9.17, 15) is 5.11 Å². The smallest absolute Gasteiger partial charge is 0.128 e. The molecule has 0 unspecified atom stereocenters. The van der Waals surface area contributed by atoms with Gasteiger partial charge in [-0.25, -0.2) is 4.98 Å². The van der Waals surface area contributed by atoms with Gasteiger partial charge in [-0.05, 0) is 43.4 Å². The van der Waals surface area contributed by atoms with Gasteiger partial charge < -0.3 is 10.0 Å².